The van der Waals surface area contributed by atoms with Gasteiger partial charge in [-0.25, -0.2) is 8.42 Å². The van der Waals surface area contributed by atoms with Crippen LogP contribution in [-0.2, 0) is 16.4 Å². The van der Waals surface area contributed by atoms with Crippen LogP contribution in [0.4, 0.5) is 5.69 Å². The molecule has 0 saturated carbocycles. The van der Waals surface area contributed by atoms with Crippen molar-refractivity contribution in [1.29, 1.82) is 0 Å². The molecule has 0 saturated heterocycles. The number of nitrogens with one attached hydrogen (secondary N) is 1. The highest BCUT2D eigenvalue weighted by Gasteiger charge is 2.21. The predicted molar refractivity (Wildman–Crippen MR) is 93.8 cm³/mol. The quantitative estimate of drug-likeness (QED) is 0.900. The Hall–Kier alpha value is -2.01. The van der Waals surface area contributed by atoms with Crippen LogP contribution in [0.1, 0.15) is 29.2 Å². The van der Waals surface area contributed by atoms with Crippen LogP contribution in [0.25, 0.3) is 0 Å². The Kier molecular flexibility index (Phi) is 5.00. The average Bonchev–Trinajstić information content (AvgIpc) is 2.51. The lowest BCUT2D eigenvalue weighted by atomic mass is 10.1. The summed E-state index contributed by atoms with van der Waals surface area (Å²) in [4.78, 5) is 0.279. The second kappa shape index (κ2) is 6.62. The summed E-state index contributed by atoms with van der Waals surface area (Å²) in [6, 6.07) is 9.07. The standard InChI is InChI=1S/C18H23NO3S/c1-6-15-9-7-8-12(2)18(15)19-23(20,21)17-11-10-16(22-5)13(3)14(17)4/h7-11,19H,6H2,1-5H3. The van der Waals surface area contributed by atoms with Crippen LogP contribution in [0, 0.1) is 20.8 Å². The van der Waals surface area contributed by atoms with Gasteiger partial charge in [-0.05, 0) is 61.6 Å². The van der Waals surface area contributed by atoms with E-state index in [1.807, 2.05) is 39.0 Å². The van der Waals surface area contributed by atoms with Gasteiger partial charge in [0, 0.05) is 0 Å². The van der Waals surface area contributed by atoms with Crippen molar-refractivity contribution in [3.63, 3.8) is 0 Å². The van der Waals surface area contributed by atoms with Gasteiger partial charge in [0.25, 0.3) is 10.0 Å². The lowest BCUT2D eigenvalue weighted by Gasteiger charge is -2.17. The van der Waals surface area contributed by atoms with Crippen molar-refractivity contribution < 1.29 is 13.2 Å². The Labute approximate surface area is 138 Å². The van der Waals surface area contributed by atoms with Crippen LogP contribution < -0.4 is 9.46 Å². The number of para-hydroxylation sites is 1. The molecule has 0 heterocycles. The molecule has 0 fully saturated rings. The van der Waals surface area contributed by atoms with Crippen molar-refractivity contribution in [1.82, 2.24) is 0 Å². The van der Waals surface area contributed by atoms with Gasteiger partial charge < -0.3 is 4.74 Å². The molecule has 0 aromatic heterocycles. The topological polar surface area (TPSA) is 55.4 Å². The summed E-state index contributed by atoms with van der Waals surface area (Å²) in [5.41, 5.74) is 4.09. The van der Waals surface area contributed by atoms with E-state index in [0.29, 0.717) is 17.0 Å². The average molecular weight is 333 g/mol. The Bertz CT molecular complexity index is 826. The van der Waals surface area contributed by atoms with Gasteiger partial charge >= 0.3 is 0 Å². The first kappa shape index (κ1) is 17.3. The third-order valence-corrected chi connectivity index (χ3v) is 5.67. The summed E-state index contributed by atoms with van der Waals surface area (Å²) >= 11 is 0. The van der Waals surface area contributed by atoms with Gasteiger partial charge in [0.15, 0.2) is 0 Å². The first-order valence-corrected chi connectivity index (χ1v) is 9.05. The molecular weight excluding hydrogens is 310 g/mol. The fraction of sp³-hybridized carbons (Fsp3) is 0.333. The molecule has 0 unspecified atom stereocenters. The summed E-state index contributed by atoms with van der Waals surface area (Å²) in [6.45, 7) is 7.57. The maximum Gasteiger partial charge on any atom is 0.262 e. The molecular formula is C18H23NO3S. The maximum atomic E-state index is 12.8. The highest BCUT2D eigenvalue weighted by molar-refractivity contribution is 7.92. The van der Waals surface area contributed by atoms with Gasteiger partial charge in [0.2, 0.25) is 0 Å². The van der Waals surface area contributed by atoms with E-state index in [1.54, 1.807) is 26.2 Å². The molecule has 2 aromatic carbocycles. The molecule has 0 radical (unpaired) electrons. The SMILES string of the molecule is CCc1cccc(C)c1NS(=O)(=O)c1ccc(OC)c(C)c1C. The van der Waals surface area contributed by atoms with E-state index in [0.717, 1.165) is 23.1 Å². The monoisotopic (exact) mass is 333 g/mol. The zero-order chi connectivity index (χ0) is 17.2. The molecule has 0 spiro atoms. The molecule has 0 aliphatic heterocycles. The fourth-order valence-corrected chi connectivity index (χ4v) is 4.12. The van der Waals surface area contributed by atoms with Crippen molar-refractivity contribution in [2.24, 2.45) is 0 Å². The Morgan fingerprint density at radius 1 is 1.04 bits per heavy atom. The fourth-order valence-electron chi connectivity index (χ4n) is 2.64. The van der Waals surface area contributed by atoms with Crippen molar-refractivity contribution in [2.45, 2.75) is 39.0 Å². The van der Waals surface area contributed by atoms with Crippen molar-refractivity contribution in [2.75, 3.05) is 11.8 Å². The second-order valence-corrected chi connectivity index (χ2v) is 7.23. The Morgan fingerprint density at radius 3 is 2.35 bits per heavy atom. The summed E-state index contributed by atoms with van der Waals surface area (Å²) < 4.78 is 33.7. The first-order valence-electron chi connectivity index (χ1n) is 7.57. The van der Waals surface area contributed by atoms with Gasteiger partial charge in [-0.1, -0.05) is 25.1 Å². The molecule has 0 aliphatic rings. The minimum absolute atomic E-state index is 0.279. The van der Waals surface area contributed by atoms with E-state index in [1.165, 1.54) is 0 Å². The Morgan fingerprint density at radius 2 is 1.74 bits per heavy atom. The van der Waals surface area contributed by atoms with Gasteiger partial charge in [-0.2, -0.15) is 0 Å². The molecule has 124 valence electrons. The number of rotatable bonds is 5. The van der Waals surface area contributed by atoms with E-state index in [-0.39, 0.29) is 4.90 Å². The molecule has 0 amide bonds. The molecule has 0 atom stereocenters. The molecule has 23 heavy (non-hydrogen) atoms. The Balaban J connectivity index is 2.51. The van der Waals surface area contributed by atoms with Crippen LogP contribution in [0.15, 0.2) is 35.2 Å². The van der Waals surface area contributed by atoms with Gasteiger partial charge in [0.05, 0.1) is 17.7 Å². The van der Waals surface area contributed by atoms with E-state index in [4.69, 9.17) is 4.74 Å². The number of aryl methyl sites for hydroxylation is 2. The van der Waals surface area contributed by atoms with E-state index in [9.17, 15) is 8.42 Å². The zero-order valence-electron chi connectivity index (χ0n) is 14.2. The number of anilines is 1. The molecule has 0 bridgehead atoms. The van der Waals surface area contributed by atoms with E-state index < -0.39 is 10.0 Å². The highest BCUT2D eigenvalue weighted by Crippen LogP contribution is 2.30. The van der Waals surface area contributed by atoms with Crippen LogP contribution in [0.2, 0.25) is 0 Å². The van der Waals surface area contributed by atoms with Gasteiger partial charge in [-0.3, -0.25) is 4.72 Å². The highest BCUT2D eigenvalue weighted by atomic mass is 32.2. The van der Waals surface area contributed by atoms with Crippen molar-refractivity contribution in [3.05, 3.63) is 52.6 Å². The molecule has 2 aromatic rings. The number of sulfonamides is 1. The number of hydrogen-bond acceptors (Lipinski definition) is 3. The molecule has 4 nitrogen and oxygen atoms in total. The predicted octanol–water partition coefficient (Wildman–Crippen LogP) is 3.98. The zero-order valence-corrected chi connectivity index (χ0v) is 15.0. The summed E-state index contributed by atoms with van der Waals surface area (Å²) in [5, 5.41) is 0. The van der Waals surface area contributed by atoms with Crippen molar-refractivity contribution >= 4 is 15.7 Å². The number of methoxy groups -OCH3 is 1. The minimum Gasteiger partial charge on any atom is -0.496 e. The third kappa shape index (κ3) is 3.34. The van der Waals surface area contributed by atoms with Crippen LogP contribution in [0.3, 0.4) is 0 Å². The molecule has 5 heteroatoms. The second-order valence-electron chi connectivity index (χ2n) is 5.58. The van der Waals surface area contributed by atoms with Crippen LogP contribution in [0.5, 0.6) is 5.75 Å². The summed E-state index contributed by atoms with van der Waals surface area (Å²) in [7, 11) is -2.07. The van der Waals surface area contributed by atoms with Crippen molar-refractivity contribution in [3.8, 4) is 5.75 Å². The summed E-state index contributed by atoms with van der Waals surface area (Å²) in [5.74, 6) is 0.687. The number of ether oxygens (including phenoxy) is 1. The maximum absolute atomic E-state index is 12.8. The molecule has 1 N–H and O–H groups in total. The lowest BCUT2D eigenvalue weighted by molar-refractivity contribution is 0.411. The minimum atomic E-state index is -3.65. The van der Waals surface area contributed by atoms with Crippen LogP contribution >= 0.6 is 0 Å². The van der Waals surface area contributed by atoms with E-state index in [2.05, 4.69) is 4.72 Å². The smallest absolute Gasteiger partial charge is 0.262 e. The largest absolute Gasteiger partial charge is 0.496 e. The van der Waals surface area contributed by atoms with Gasteiger partial charge in [0.1, 0.15) is 5.75 Å². The number of benzene rings is 2. The number of hydrogen-bond donors (Lipinski definition) is 1. The lowest BCUT2D eigenvalue weighted by Crippen LogP contribution is -2.17. The third-order valence-electron chi connectivity index (χ3n) is 4.17. The molecule has 2 rings (SSSR count). The van der Waals surface area contributed by atoms with Gasteiger partial charge in [-0.15, -0.1) is 0 Å². The normalized spacial score (nSPS) is 11.3. The molecule has 0 aliphatic carbocycles. The van der Waals surface area contributed by atoms with E-state index >= 15 is 0 Å². The summed E-state index contributed by atoms with van der Waals surface area (Å²) in [6.07, 6.45) is 0.764. The van der Waals surface area contributed by atoms with Crippen LogP contribution in [-0.4, -0.2) is 15.5 Å². The first-order chi connectivity index (χ1) is 10.8.